The summed E-state index contributed by atoms with van der Waals surface area (Å²) in [4.78, 5) is 9.58. The molecule has 1 aromatic carbocycles. The van der Waals surface area contributed by atoms with Crippen LogP contribution in [0.25, 0.3) is 0 Å². The van der Waals surface area contributed by atoms with Crippen LogP contribution in [0.4, 0.5) is 18.9 Å². The van der Waals surface area contributed by atoms with E-state index < -0.39 is 28.8 Å². The lowest BCUT2D eigenvalue weighted by atomic mass is 10.1. The summed E-state index contributed by atoms with van der Waals surface area (Å²) in [5.74, 6) is 0.250. The van der Waals surface area contributed by atoms with E-state index in [-0.39, 0.29) is 12.4 Å². The molecule has 0 saturated carbocycles. The van der Waals surface area contributed by atoms with Gasteiger partial charge in [0.15, 0.2) is 0 Å². The number of benzene rings is 1. The van der Waals surface area contributed by atoms with E-state index in [0.29, 0.717) is 24.8 Å². The standard InChI is InChI=1S/C12H14ClF3NO4PS/c1-22(23,20-7-3-2-6-13)21-9-4-5-11(17(18)19)10(8-9)12(14,15)16/h4-5,8H,2-3,6-7H2,1H3. The lowest BCUT2D eigenvalue weighted by Gasteiger charge is -2.19. The topological polar surface area (TPSA) is 61.6 Å². The van der Waals surface area contributed by atoms with Crippen molar-refractivity contribution in [3.05, 3.63) is 33.9 Å². The van der Waals surface area contributed by atoms with Gasteiger partial charge in [0.1, 0.15) is 11.3 Å². The lowest BCUT2D eigenvalue weighted by molar-refractivity contribution is -0.388. The summed E-state index contributed by atoms with van der Waals surface area (Å²) in [6.07, 6.45) is -3.51. The molecule has 1 unspecified atom stereocenters. The first-order valence-electron chi connectivity index (χ1n) is 6.40. The maximum atomic E-state index is 12.9. The molecule has 1 rings (SSSR count). The Labute approximate surface area is 141 Å². The number of nitrogens with zero attached hydrogens (tertiary/aromatic N) is 1. The summed E-state index contributed by atoms with van der Waals surface area (Å²) in [6, 6.07) is 2.37. The predicted octanol–water partition coefficient (Wildman–Crippen LogP) is 4.97. The molecule has 11 heteroatoms. The van der Waals surface area contributed by atoms with E-state index >= 15 is 0 Å². The summed E-state index contributed by atoms with van der Waals surface area (Å²) in [6.45, 7) is -1.07. The van der Waals surface area contributed by atoms with E-state index in [4.69, 9.17) is 32.5 Å². The van der Waals surface area contributed by atoms with Gasteiger partial charge in [0, 0.05) is 18.6 Å². The number of nitro benzene ring substituents is 1. The van der Waals surface area contributed by atoms with Crippen molar-refractivity contribution in [2.75, 3.05) is 19.2 Å². The zero-order valence-electron chi connectivity index (χ0n) is 12.0. The van der Waals surface area contributed by atoms with Crippen LogP contribution < -0.4 is 4.52 Å². The number of rotatable bonds is 8. The Bertz CT molecular complexity index is 614. The molecule has 1 aromatic rings. The minimum atomic E-state index is -4.88. The van der Waals surface area contributed by atoms with Crippen LogP contribution in [-0.2, 0) is 22.5 Å². The maximum absolute atomic E-state index is 12.9. The lowest BCUT2D eigenvalue weighted by Crippen LogP contribution is -2.09. The van der Waals surface area contributed by atoms with Crippen LogP contribution >= 0.6 is 18.1 Å². The highest BCUT2D eigenvalue weighted by Gasteiger charge is 2.38. The highest BCUT2D eigenvalue weighted by Crippen LogP contribution is 2.47. The van der Waals surface area contributed by atoms with E-state index in [1.165, 1.54) is 6.66 Å². The van der Waals surface area contributed by atoms with Gasteiger partial charge in [-0.3, -0.25) is 10.1 Å². The Morgan fingerprint density at radius 1 is 1.39 bits per heavy atom. The smallest absolute Gasteiger partial charge is 0.423 e. The minimum absolute atomic E-state index is 0.217. The number of hydrogen-bond donors (Lipinski definition) is 0. The molecule has 0 spiro atoms. The molecule has 0 aliphatic heterocycles. The summed E-state index contributed by atoms with van der Waals surface area (Å²) in [7, 11) is 0. The predicted molar refractivity (Wildman–Crippen MR) is 84.8 cm³/mol. The molecule has 0 heterocycles. The quantitative estimate of drug-likeness (QED) is 0.206. The van der Waals surface area contributed by atoms with Crippen molar-refractivity contribution >= 4 is 35.6 Å². The molecule has 0 saturated heterocycles. The van der Waals surface area contributed by atoms with Crippen LogP contribution in [0.15, 0.2) is 18.2 Å². The normalized spacial score (nSPS) is 14.3. The number of hydrogen-bond acceptors (Lipinski definition) is 5. The molecule has 23 heavy (non-hydrogen) atoms. The summed E-state index contributed by atoms with van der Waals surface area (Å²) in [5.41, 5.74) is -2.44. The van der Waals surface area contributed by atoms with Crippen molar-refractivity contribution in [3.63, 3.8) is 0 Å². The molecule has 0 amide bonds. The van der Waals surface area contributed by atoms with Gasteiger partial charge < -0.3 is 9.05 Å². The van der Waals surface area contributed by atoms with Gasteiger partial charge >= 0.3 is 6.18 Å². The Balaban J connectivity index is 2.93. The monoisotopic (exact) mass is 391 g/mol. The van der Waals surface area contributed by atoms with Crippen molar-refractivity contribution in [2.24, 2.45) is 0 Å². The Hall–Kier alpha value is -0.890. The second-order valence-corrected chi connectivity index (χ2v) is 8.88. The van der Waals surface area contributed by atoms with Gasteiger partial charge in [-0.25, -0.2) is 0 Å². The largest absolute Gasteiger partial charge is 0.444 e. The van der Waals surface area contributed by atoms with Gasteiger partial charge in [0.2, 0.25) is 6.49 Å². The zero-order chi connectivity index (χ0) is 17.7. The van der Waals surface area contributed by atoms with Gasteiger partial charge in [0.25, 0.3) is 5.69 Å². The molecule has 5 nitrogen and oxygen atoms in total. The number of alkyl halides is 4. The van der Waals surface area contributed by atoms with Crippen LogP contribution in [0.5, 0.6) is 5.75 Å². The molecule has 0 N–H and O–H groups in total. The van der Waals surface area contributed by atoms with E-state index in [0.717, 1.165) is 12.1 Å². The minimum Gasteiger partial charge on any atom is -0.444 e. The fourth-order valence-corrected chi connectivity index (χ4v) is 3.28. The Morgan fingerprint density at radius 3 is 2.57 bits per heavy atom. The number of unbranched alkanes of at least 4 members (excludes halogenated alkanes) is 1. The van der Waals surface area contributed by atoms with Gasteiger partial charge in [0.05, 0.1) is 11.5 Å². The van der Waals surface area contributed by atoms with Crippen LogP contribution in [-0.4, -0.2) is 24.1 Å². The zero-order valence-corrected chi connectivity index (χ0v) is 14.5. The third kappa shape index (κ3) is 6.63. The number of nitro groups is 1. The van der Waals surface area contributed by atoms with E-state index in [1.54, 1.807) is 0 Å². The first-order chi connectivity index (χ1) is 10.6. The van der Waals surface area contributed by atoms with Crippen molar-refractivity contribution in [2.45, 2.75) is 19.0 Å². The van der Waals surface area contributed by atoms with E-state index in [9.17, 15) is 23.3 Å². The van der Waals surface area contributed by atoms with Crippen molar-refractivity contribution in [1.82, 2.24) is 0 Å². The molecule has 0 aliphatic carbocycles. The van der Waals surface area contributed by atoms with E-state index in [1.807, 2.05) is 0 Å². The number of halogens is 4. The van der Waals surface area contributed by atoms with Crippen molar-refractivity contribution < 1.29 is 27.1 Å². The van der Waals surface area contributed by atoms with Gasteiger partial charge in [-0.05, 0) is 36.8 Å². The highest BCUT2D eigenvalue weighted by molar-refractivity contribution is 8.09. The molecule has 0 aromatic heterocycles. The second kappa shape index (κ2) is 8.28. The first kappa shape index (κ1) is 20.2. The van der Waals surface area contributed by atoms with Crippen molar-refractivity contribution in [1.29, 1.82) is 0 Å². The van der Waals surface area contributed by atoms with Crippen LogP contribution in [0.3, 0.4) is 0 Å². The third-order valence-electron chi connectivity index (χ3n) is 2.60. The SMILES string of the molecule is CP(=S)(OCCCCCl)Oc1ccc([N+](=O)[O-])c(C(F)(F)F)c1. The van der Waals surface area contributed by atoms with Gasteiger partial charge in [-0.15, -0.1) is 11.6 Å². The summed E-state index contributed by atoms with van der Waals surface area (Å²) >= 11 is 10.6. The average molecular weight is 392 g/mol. The van der Waals surface area contributed by atoms with Crippen LogP contribution in [0.1, 0.15) is 18.4 Å². The Morgan fingerprint density at radius 2 is 2.04 bits per heavy atom. The first-order valence-corrected chi connectivity index (χ1v) is 10.0. The molecule has 130 valence electrons. The van der Waals surface area contributed by atoms with Gasteiger partial charge in [-0.1, -0.05) is 0 Å². The molecular weight excluding hydrogens is 378 g/mol. The molecule has 0 radical (unpaired) electrons. The van der Waals surface area contributed by atoms with Crippen molar-refractivity contribution in [3.8, 4) is 5.75 Å². The molecule has 0 aliphatic rings. The van der Waals surface area contributed by atoms with E-state index in [2.05, 4.69) is 0 Å². The van der Waals surface area contributed by atoms with Gasteiger partial charge in [-0.2, -0.15) is 13.2 Å². The fraction of sp³-hybridized carbons (Fsp3) is 0.500. The Kier molecular flexibility index (Phi) is 7.26. The molecular formula is C12H14ClF3NO4PS. The maximum Gasteiger partial charge on any atom is 0.423 e. The highest BCUT2D eigenvalue weighted by atomic mass is 35.5. The second-order valence-electron chi connectivity index (χ2n) is 4.53. The fourth-order valence-electron chi connectivity index (χ4n) is 1.60. The summed E-state index contributed by atoms with van der Waals surface area (Å²) in [5, 5.41) is 10.7. The molecule has 0 bridgehead atoms. The van der Waals surface area contributed by atoms with Crippen LogP contribution in [0, 0.1) is 10.1 Å². The summed E-state index contributed by atoms with van der Waals surface area (Å²) < 4.78 is 49.3. The average Bonchev–Trinajstić information content (AvgIpc) is 2.42. The van der Waals surface area contributed by atoms with Crippen LogP contribution in [0.2, 0.25) is 0 Å². The molecule has 1 atom stereocenters. The molecule has 0 fully saturated rings. The third-order valence-corrected chi connectivity index (χ3v) is 4.60.